The minimum absolute atomic E-state index is 0.0893. The quantitative estimate of drug-likeness (QED) is 0.226. The van der Waals surface area contributed by atoms with E-state index >= 15 is 0 Å². The lowest BCUT2D eigenvalue weighted by molar-refractivity contribution is -0.119. The summed E-state index contributed by atoms with van der Waals surface area (Å²) in [7, 11) is -4.24. The van der Waals surface area contributed by atoms with Gasteiger partial charge in [-0.1, -0.05) is 53.5 Å². The van der Waals surface area contributed by atoms with Crippen LogP contribution in [0.4, 0.5) is 10.1 Å². The normalized spacial score (nSPS) is 11.5. The third kappa shape index (κ3) is 5.76. The van der Waals surface area contributed by atoms with Crippen molar-refractivity contribution in [2.45, 2.75) is 4.90 Å². The van der Waals surface area contributed by atoms with Crippen molar-refractivity contribution in [2.24, 2.45) is 5.10 Å². The number of anilines is 1. The summed E-state index contributed by atoms with van der Waals surface area (Å²) in [6, 6.07) is 21.0. The molecule has 0 fully saturated rings. The Hall–Kier alpha value is -3.66. The van der Waals surface area contributed by atoms with Gasteiger partial charge in [0.2, 0.25) is 0 Å². The smallest absolute Gasteiger partial charge is 0.264 e. The topological polar surface area (TPSA) is 92.0 Å². The molecule has 1 amide bonds. The molecule has 0 radical (unpaired) electrons. The molecule has 1 heterocycles. The standard InChI is InChI=1S/C25H18Cl2FN3O4S/c26-17-10-12-20(21(27)14-17)24-13-11-18(35-24)15-29-30-25(32)16-31(23-9-5-4-8-22(23)28)36(33,34)19-6-2-1-3-7-19/h1-15H,16H2,(H,30,32)/b29-15-. The van der Waals surface area contributed by atoms with Gasteiger partial charge in [-0.2, -0.15) is 5.10 Å². The van der Waals surface area contributed by atoms with E-state index in [0.717, 1.165) is 6.07 Å². The minimum atomic E-state index is -4.24. The van der Waals surface area contributed by atoms with Crippen molar-refractivity contribution < 1.29 is 22.0 Å². The van der Waals surface area contributed by atoms with E-state index in [1.807, 2.05) is 0 Å². The number of carbonyl (C=O) groups excluding carboxylic acids is 1. The van der Waals surface area contributed by atoms with Crippen LogP contribution in [-0.2, 0) is 14.8 Å². The number of para-hydroxylation sites is 1. The third-order valence-corrected chi connectivity index (χ3v) is 7.27. The lowest BCUT2D eigenvalue weighted by Crippen LogP contribution is -2.40. The Morgan fingerprint density at radius 2 is 1.72 bits per heavy atom. The average Bonchev–Trinajstić information content (AvgIpc) is 3.32. The van der Waals surface area contributed by atoms with Gasteiger partial charge >= 0.3 is 0 Å². The van der Waals surface area contributed by atoms with Crippen molar-refractivity contribution in [2.75, 3.05) is 10.8 Å². The molecule has 3 aromatic carbocycles. The Bertz CT molecular complexity index is 1530. The van der Waals surface area contributed by atoms with E-state index in [9.17, 15) is 17.6 Å². The summed E-state index contributed by atoms with van der Waals surface area (Å²) in [5, 5.41) is 4.71. The lowest BCUT2D eigenvalue weighted by Gasteiger charge is -2.24. The summed E-state index contributed by atoms with van der Waals surface area (Å²) < 4.78 is 47.3. The summed E-state index contributed by atoms with van der Waals surface area (Å²) in [4.78, 5) is 12.5. The van der Waals surface area contributed by atoms with Crippen molar-refractivity contribution in [3.8, 4) is 11.3 Å². The molecular formula is C25H18Cl2FN3O4S. The van der Waals surface area contributed by atoms with Gasteiger partial charge in [-0.15, -0.1) is 0 Å². The molecule has 0 saturated carbocycles. The maximum Gasteiger partial charge on any atom is 0.264 e. The molecule has 0 bridgehead atoms. The Morgan fingerprint density at radius 3 is 2.44 bits per heavy atom. The molecule has 0 atom stereocenters. The molecule has 0 unspecified atom stereocenters. The number of hydrogen-bond acceptors (Lipinski definition) is 5. The third-order valence-electron chi connectivity index (χ3n) is 4.94. The van der Waals surface area contributed by atoms with E-state index < -0.39 is 28.3 Å². The van der Waals surface area contributed by atoms with E-state index in [0.29, 0.717) is 31.4 Å². The minimum Gasteiger partial charge on any atom is -0.455 e. The number of sulfonamides is 1. The Balaban J connectivity index is 1.50. The fourth-order valence-corrected chi connectivity index (χ4v) is 5.21. The molecular weight excluding hydrogens is 528 g/mol. The van der Waals surface area contributed by atoms with Gasteiger partial charge in [0.05, 0.1) is 21.8 Å². The Morgan fingerprint density at radius 1 is 1.00 bits per heavy atom. The van der Waals surface area contributed by atoms with Crippen LogP contribution in [0.5, 0.6) is 0 Å². The summed E-state index contributed by atoms with van der Waals surface area (Å²) in [5.41, 5.74) is 2.59. The van der Waals surface area contributed by atoms with Crippen LogP contribution < -0.4 is 9.73 Å². The second-order valence-electron chi connectivity index (χ2n) is 7.40. The first-order chi connectivity index (χ1) is 17.3. The second kappa shape index (κ2) is 10.9. The number of hydrogen-bond donors (Lipinski definition) is 1. The van der Waals surface area contributed by atoms with E-state index in [1.165, 1.54) is 48.7 Å². The van der Waals surface area contributed by atoms with Crippen LogP contribution in [0.2, 0.25) is 10.0 Å². The molecule has 184 valence electrons. The van der Waals surface area contributed by atoms with Crippen LogP contribution in [0.15, 0.2) is 99.3 Å². The lowest BCUT2D eigenvalue weighted by atomic mass is 10.2. The molecule has 1 N–H and O–H groups in total. The summed E-state index contributed by atoms with van der Waals surface area (Å²) in [6.45, 7) is -0.709. The molecule has 0 spiro atoms. The monoisotopic (exact) mass is 545 g/mol. The highest BCUT2D eigenvalue weighted by molar-refractivity contribution is 7.92. The zero-order chi connectivity index (χ0) is 25.7. The molecule has 11 heteroatoms. The molecule has 1 aromatic heterocycles. The maximum absolute atomic E-state index is 14.5. The van der Waals surface area contributed by atoms with Crippen LogP contribution in [0.25, 0.3) is 11.3 Å². The SMILES string of the molecule is O=C(CN(c1ccccc1F)S(=O)(=O)c1ccccc1)N/N=C\c1ccc(-c2ccc(Cl)cc2Cl)o1. The van der Waals surface area contributed by atoms with Crippen LogP contribution in [0, 0.1) is 5.82 Å². The van der Waals surface area contributed by atoms with Crippen molar-refractivity contribution in [3.63, 3.8) is 0 Å². The van der Waals surface area contributed by atoms with Gasteiger partial charge in [-0.3, -0.25) is 9.10 Å². The number of halogens is 3. The van der Waals surface area contributed by atoms with Crippen LogP contribution in [0.3, 0.4) is 0 Å². The van der Waals surface area contributed by atoms with Gasteiger partial charge in [-0.25, -0.2) is 18.2 Å². The number of furan rings is 1. The summed E-state index contributed by atoms with van der Waals surface area (Å²) >= 11 is 12.1. The van der Waals surface area contributed by atoms with Crippen molar-refractivity contribution in [3.05, 3.63) is 107 Å². The van der Waals surface area contributed by atoms with E-state index in [1.54, 1.807) is 36.4 Å². The van der Waals surface area contributed by atoms with Crippen molar-refractivity contribution in [1.29, 1.82) is 0 Å². The predicted octanol–water partition coefficient (Wildman–Crippen LogP) is 5.74. The molecule has 0 aliphatic carbocycles. The molecule has 7 nitrogen and oxygen atoms in total. The molecule has 0 saturated heterocycles. The van der Waals surface area contributed by atoms with Gasteiger partial charge in [0.15, 0.2) is 0 Å². The summed E-state index contributed by atoms with van der Waals surface area (Å²) in [6.07, 6.45) is 1.24. The first-order valence-corrected chi connectivity index (χ1v) is 12.6. The fraction of sp³-hybridized carbons (Fsp3) is 0.0400. The first-order valence-electron chi connectivity index (χ1n) is 10.4. The number of nitrogens with zero attached hydrogens (tertiary/aromatic N) is 2. The Labute approximate surface area is 216 Å². The number of rotatable bonds is 8. The van der Waals surface area contributed by atoms with Gasteiger partial charge in [0.1, 0.15) is 23.9 Å². The fourth-order valence-electron chi connectivity index (χ4n) is 3.26. The number of carbonyl (C=O) groups is 1. The number of benzene rings is 3. The molecule has 4 aromatic rings. The van der Waals surface area contributed by atoms with Gasteiger partial charge in [0.25, 0.3) is 15.9 Å². The number of nitrogens with one attached hydrogen (secondary N) is 1. The highest BCUT2D eigenvalue weighted by Crippen LogP contribution is 2.31. The highest BCUT2D eigenvalue weighted by Gasteiger charge is 2.29. The van der Waals surface area contributed by atoms with Gasteiger partial charge < -0.3 is 4.42 Å². The first kappa shape index (κ1) is 25.4. The van der Waals surface area contributed by atoms with Gasteiger partial charge in [-0.05, 0) is 54.6 Å². The van der Waals surface area contributed by atoms with E-state index in [-0.39, 0.29) is 10.6 Å². The zero-order valence-electron chi connectivity index (χ0n) is 18.4. The number of hydrazone groups is 1. The van der Waals surface area contributed by atoms with E-state index in [2.05, 4.69) is 10.5 Å². The molecule has 36 heavy (non-hydrogen) atoms. The predicted molar refractivity (Wildman–Crippen MR) is 137 cm³/mol. The maximum atomic E-state index is 14.5. The zero-order valence-corrected chi connectivity index (χ0v) is 20.8. The Kier molecular flexibility index (Phi) is 7.73. The average molecular weight is 546 g/mol. The molecule has 0 aliphatic heterocycles. The van der Waals surface area contributed by atoms with Crippen LogP contribution in [0.1, 0.15) is 5.76 Å². The largest absolute Gasteiger partial charge is 0.455 e. The van der Waals surface area contributed by atoms with Crippen LogP contribution in [-0.4, -0.2) is 27.1 Å². The second-order valence-corrected chi connectivity index (χ2v) is 10.1. The highest BCUT2D eigenvalue weighted by atomic mass is 35.5. The van der Waals surface area contributed by atoms with Crippen LogP contribution >= 0.6 is 23.2 Å². The van der Waals surface area contributed by atoms with Crippen molar-refractivity contribution >= 4 is 51.0 Å². The summed E-state index contributed by atoms with van der Waals surface area (Å²) in [5.74, 6) is -0.817. The number of amides is 1. The van der Waals surface area contributed by atoms with Crippen molar-refractivity contribution in [1.82, 2.24) is 5.43 Å². The molecule has 0 aliphatic rings. The van der Waals surface area contributed by atoms with E-state index in [4.69, 9.17) is 27.6 Å². The van der Waals surface area contributed by atoms with Gasteiger partial charge in [0, 0.05) is 10.6 Å². The molecule has 4 rings (SSSR count).